The van der Waals surface area contributed by atoms with Gasteiger partial charge < -0.3 is 10.1 Å². The normalized spacial score (nSPS) is 23.8. The van der Waals surface area contributed by atoms with Gasteiger partial charge >= 0.3 is 0 Å². The van der Waals surface area contributed by atoms with Gasteiger partial charge in [0.2, 0.25) is 0 Å². The Morgan fingerprint density at radius 1 is 1.28 bits per heavy atom. The molecular weight excluding hydrogens is 224 g/mol. The highest BCUT2D eigenvalue weighted by Crippen LogP contribution is 2.20. The molecule has 1 N–H and O–H groups in total. The topological polar surface area (TPSA) is 24.5 Å². The number of ether oxygens (including phenoxy) is 1. The molecule has 0 saturated carbocycles. The summed E-state index contributed by atoms with van der Waals surface area (Å²) in [5.74, 6) is 0. The van der Waals surface area contributed by atoms with E-state index in [4.69, 9.17) is 4.74 Å². The minimum atomic E-state index is 0.360. The molecule has 1 aliphatic heterocycles. The lowest BCUT2D eigenvalue weighted by molar-refractivity contribution is 0.0814. The van der Waals surface area contributed by atoms with E-state index >= 15 is 0 Å². The van der Waals surface area contributed by atoms with Crippen molar-refractivity contribution in [1.82, 2.24) is 10.2 Å². The number of nitrogens with zero attached hydrogens (tertiary/aromatic N) is 1. The van der Waals surface area contributed by atoms with E-state index in [0.717, 1.165) is 26.1 Å². The zero-order valence-corrected chi connectivity index (χ0v) is 11.6. The highest BCUT2D eigenvalue weighted by atomic mass is 16.5. The van der Waals surface area contributed by atoms with Crippen LogP contribution < -0.4 is 5.32 Å². The van der Waals surface area contributed by atoms with E-state index < -0.39 is 0 Å². The quantitative estimate of drug-likeness (QED) is 0.863. The third-order valence-electron chi connectivity index (χ3n) is 3.74. The average molecular weight is 248 g/mol. The lowest BCUT2D eigenvalue weighted by atomic mass is 10.1. The Labute approximate surface area is 110 Å². The third-order valence-corrected chi connectivity index (χ3v) is 3.74. The van der Waals surface area contributed by atoms with Crippen molar-refractivity contribution in [3.63, 3.8) is 0 Å². The molecule has 0 amide bonds. The van der Waals surface area contributed by atoms with Crippen molar-refractivity contribution in [2.45, 2.75) is 38.6 Å². The minimum Gasteiger partial charge on any atom is -0.377 e. The molecule has 2 rings (SSSR count). The van der Waals surface area contributed by atoms with Crippen molar-refractivity contribution in [3.8, 4) is 0 Å². The van der Waals surface area contributed by atoms with Crippen molar-refractivity contribution >= 4 is 0 Å². The van der Waals surface area contributed by atoms with E-state index in [2.05, 4.69) is 48.5 Å². The van der Waals surface area contributed by atoms with Crippen LogP contribution in [0.3, 0.4) is 0 Å². The summed E-state index contributed by atoms with van der Waals surface area (Å²) in [4.78, 5) is 2.41. The minimum absolute atomic E-state index is 0.360. The fourth-order valence-corrected chi connectivity index (χ4v) is 2.67. The first kappa shape index (κ1) is 13.5. The molecular formula is C15H24N2O. The summed E-state index contributed by atoms with van der Waals surface area (Å²) in [6.45, 7) is 5.00. The van der Waals surface area contributed by atoms with E-state index in [0.29, 0.717) is 12.1 Å². The van der Waals surface area contributed by atoms with E-state index in [1.54, 1.807) is 0 Å². The Morgan fingerprint density at radius 3 is 2.50 bits per heavy atom. The fourth-order valence-electron chi connectivity index (χ4n) is 2.67. The number of nitrogens with one attached hydrogen (secondary N) is 1. The molecule has 1 aliphatic rings. The van der Waals surface area contributed by atoms with Gasteiger partial charge in [0.15, 0.2) is 0 Å². The maximum atomic E-state index is 5.63. The van der Waals surface area contributed by atoms with E-state index in [1.807, 2.05) is 7.05 Å². The van der Waals surface area contributed by atoms with Crippen molar-refractivity contribution < 1.29 is 4.74 Å². The molecule has 18 heavy (non-hydrogen) atoms. The smallest absolute Gasteiger partial charge is 0.0703 e. The Balaban J connectivity index is 1.92. The highest BCUT2D eigenvalue weighted by molar-refractivity contribution is 5.22. The molecule has 1 aromatic rings. The monoisotopic (exact) mass is 248 g/mol. The number of hydrogen-bond donors (Lipinski definition) is 1. The van der Waals surface area contributed by atoms with Crippen LogP contribution in [0.1, 0.15) is 24.5 Å². The van der Waals surface area contributed by atoms with E-state index in [1.165, 1.54) is 11.1 Å². The summed E-state index contributed by atoms with van der Waals surface area (Å²) >= 11 is 0. The molecule has 0 aromatic heterocycles. The second kappa shape index (κ2) is 6.32. The molecule has 1 saturated heterocycles. The second-order valence-corrected chi connectivity index (χ2v) is 5.19. The SMILES string of the molecule is CNCc1ccc(CN(C)C2CCOC2C)cc1. The van der Waals surface area contributed by atoms with Gasteiger partial charge in [0.05, 0.1) is 6.10 Å². The second-order valence-electron chi connectivity index (χ2n) is 5.19. The zero-order chi connectivity index (χ0) is 13.0. The fraction of sp³-hybridized carbons (Fsp3) is 0.600. The maximum Gasteiger partial charge on any atom is 0.0703 e. The first-order valence-corrected chi connectivity index (χ1v) is 6.75. The van der Waals surface area contributed by atoms with Crippen molar-refractivity contribution in [2.75, 3.05) is 20.7 Å². The number of rotatable bonds is 5. The van der Waals surface area contributed by atoms with Gasteiger partial charge in [-0.15, -0.1) is 0 Å². The summed E-state index contributed by atoms with van der Waals surface area (Å²) in [5.41, 5.74) is 2.71. The van der Waals surface area contributed by atoms with Gasteiger partial charge in [-0.05, 0) is 38.6 Å². The lowest BCUT2D eigenvalue weighted by Gasteiger charge is -2.26. The van der Waals surface area contributed by atoms with E-state index in [-0.39, 0.29) is 0 Å². The van der Waals surface area contributed by atoms with Gasteiger partial charge in [-0.2, -0.15) is 0 Å². The third kappa shape index (κ3) is 3.31. The van der Waals surface area contributed by atoms with Crippen LogP contribution in [0.25, 0.3) is 0 Å². The summed E-state index contributed by atoms with van der Waals surface area (Å²) in [5, 5.41) is 3.17. The van der Waals surface area contributed by atoms with E-state index in [9.17, 15) is 0 Å². The standard InChI is InChI=1S/C15H24N2O/c1-12-15(8-9-18-12)17(3)11-14-6-4-13(5-7-14)10-16-2/h4-7,12,15-16H,8-11H2,1-3H3. The molecule has 3 heteroatoms. The Kier molecular flexibility index (Phi) is 4.75. The van der Waals surface area contributed by atoms with Crippen LogP contribution in [-0.4, -0.2) is 37.7 Å². The van der Waals surface area contributed by atoms with Crippen molar-refractivity contribution in [3.05, 3.63) is 35.4 Å². The van der Waals surface area contributed by atoms with Crippen molar-refractivity contribution in [1.29, 1.82) is 0 Å². The first-order chi connectivity index (χ1) is 8.70. The molecule has 1 fully saturated rings. The number of benzene rings is 1. The van der Waals surface area contributed by atoms with Gasteiger partial charge in [0.25, 0.3) is 0 Å². The van der Waals surface area contributed by atoms with Crippen LogP contribution in [-0.2, 0) is 17.8 Å². The number of hydrogen-bond acceptors (Lipinski definition) is 3. The Hall–Kier alpha value is -0.900. The van der Waals surface area contributed by atoms with Gasteiger partial charge in [0, 0.05) is 25.7 Å². The Bertz CT molecular complexity index is 363. The van der Waals surface area contributed by atoms with Crippen LogP contribution in [0.15, 0.2) is 24.3 Å². The summed E-state index contributed by atoms with van der Waals surface area (Å²) in [6.07, 6.45) is 1.51. The number of likely N-dealkylation sites (N-methyl/N-ethyl adjacent to an activating group) is 1. The van der Waals surface area contributed by atoms with Crippen LogP contribution in [0, 0.1) is 0 Å². The molecule has 1 heterocycles. The van der Waals surface area contributed by atoms with Gasteiger partial charge in [0.1, 0.15) is 0 Å². The molecule has 3 nitrogen and oxygen atoms in total. The summed E-state index contributed by atoms with van der Waals surface area (Å²) < 4.78 is 5.63. The van der Waals surface area contributed by atoms with Crippen molar-refractivity contribution in [2.24, 2.45) is 0 Å². The van der Waals surface area contributed by atoms with Crippen LogP contribution >= 0.6 is 0 Å². The lowest BCUT2D eigenvalue weighted by Crippen LogP contribution is -2.36. The average Bonchev–Trinajstić information content (AvgIpc) is 2.78. The Morgan fingerprint density at radius 2 is 1.94 bits per heavy atom. The van der Waals surface area contributed by atoms with Crippen LogP contribution in [0.2, 0.25) is 0 Å². The molecule has 100 valence electrons. The van der Waals surface area contributed by atoms with Gasteiger partial charge in [-0.1, -0.05) is 24.3 Å². The molecule has 2 unspecified atom stereocenters. The predicted octanol–water partition coefficient (Wildman–Crippen LogP) is 2.02. The first-order valence-electron chi connectivity index (χ1n) is 6.75. The molecule has 1 aromatic carbocycles. The largest absolute Gasteiger partial charge is 0.377 e. The zero-order valence-electron chi connectivity index (χ0n) is 11.6. The van der Waals surface area contributed by atoms with Crippen LogP contribution in [0.5, 0.6) is 0 Å². The van der Waals surface area contributed by atoms with Crippen LogP contribution in [0.4, 0.5) is 0 Å². The molecule has 0 spiro atoms. The van der Waals surface area contributed by atoms with Gasteiger partial charge in [-0.3, -0.25) is 4.90 Å². The molecule has 0 radical (unpaired) electrons. The predicted molar refractivity (Wildman–Crippen MR) is 74.5 cm³/mol. The highest BCUT2D eigenvalue weighted by Gasteiger charge is 2.27. The van der Waals surface area contributed by atoms with Gasteiger partial charge in [-0.25, -0.2) is 0 Å². The maximum absolute atomic E-state index is 5.63. The molecule has 0 aliphatic carbocycles. The summed E-state index contributed by atoms with van der Waals surface area (Å²) in [6, 6.07) is 9.41. The summed E-state index contributed by atoms with van der Waals surface area (Å²) in [7, 11) is 4.17. The molecule has 2 atom stereocenters. The molecule has 0 bridgehead atoms.